The van der Waals surface area contributed by atoms with Crippen LogP contribution in [-0.2, 0) is 0 Å². The van der Waals surface area contributed by atoms with Crippen LogP contribution < -0.4 is 5.32 Å². The summed E-state index contributed by atoms with van der Waals surface area (Å²) in [6.45, 7) is 5.02. The van der Waals surface area contributed by atoms with Gasteiger partial charge in [-0.2, -0.15) is 0 Å². The summed E-state index contributed by atoms with van der Waals surface area (Å²) in [6, 6.07) is 7.21. The minimum atomic E-state index is -0.186. The fourth-order valence-corrected chi connectivity index (χ4v) is 4.31. The molecule has 0 saturated heterocycles. The molecule has 20 heavy (non-hydrogen) atoms. The first-order valence-corrected chi connectivity index (χ1v) is 8.87. The lowest BCUT2D eigenvalue weighted by Gasteiger charge is -2.19. The van der Waals surface area contributed by atoms with Gasteiger partial charge in [0, 0.05) is 9.35 Å². The van der Waals surface area contributed by atoms with Crippen molar-refractivity contribution in [1.82, 2.24) is 5.32 Å². The molecule has 1 aromatic carbocycles. The molecule has 1 aromatic heterocycles. The molecule has 0 amide bonds. The first kappa shape index (κ1) is 16.1. The van der Waals surface area contributed by atoms with Gasteiger partial charge in [-0.25, -0.2) is 4.39 Å². The zero-order valence-corrected chi connectivity index (χ0v) is 15.3. The lowest BCUT2D eigenvalue weighted by molar-refractivity contribution is 0.596. The van der Waals surface area contributed by atoms with Crippen molar-refractivity contribution in [2.75, 3.05) is 6.54 Å². The predicted molar refractivity (Wildman–Crippen MR) is 91.0 cm³/mol. The van der Waals surface area contributed by atoms with E-state index in [1.54, 1.807) is 17.4 Å². The van der Waals surface area contributed by atoms with Crippen molar-refractivity contribution in [3.63, 3.8) is 0 Å². The van der Waals surface area contributed by atoms with Crippen LogP contribution in [0.25, 0.3) is 0 Å². The van der Waals surface area contributed by atoms with E-state index in [2.05, 4.69) is 50.2 Å². The van der Waals surface area contributed by atoms with Crippen molar-refractivity contribution in [2.24, 2.45) is 0 Å². The fraction of sp³-hybridized carbons (Fsp3) is 0.333. The molecular formula is C15H16Br2FNS. The van der Waals surface area contributed by atoms with E-state index >= 15 is 0 Å². The van der Waals surface area contributed by atoms with Crippen LogP contribution in [0.4, 0.5) is 4.39 Å². The highest BCUT2D eigenvalue weighted by Gasteiger charge is 2.19. The molecule has 0 aliphatic heterocycles. The Hall–Kier alpha value is -0.230. The number of aryl methyl sites for hydroxylation is 1. The standard InChI is InChI=1S/C15H16Br2FNS/c1-3-6-19-14(13-8-12(16)15(17)20-13)11-5-4-10(18)7-9(11)2/h4-5,7-8,14,19H,3,6H2,1-2H3. The van der Waals surface area contributed by atoms with Gasteiger partial charge in [0.1, 0.15) is 5.82 Å². The Bertz CT molecular complexity index is 578. The second-order valence-corrected chi connectivity index (χ2v) is 7.91. The van der Waals surface area contributed by atoms with E-state index in [4.69, 9.17) is 0 Å². The number of halogens is 3. The molecule has 5 heteroatoms. The summed E-state index contributed by atoms with van der Waals surface area (Å²) >= 11 is 8.76. The van der Waals surface area contributed by atoms with Crippen LogP contribution in [0.15, 0.2) is 32.5 Å². The number of hydrogen-bond donors (Lipinski definition) is 1. The van der Waals surface area contributed by atoms with Crippen LogP contribution in [0.2, 0.25) is 0 Å². The third kappa shape index (κ3) is 3.70. The number of benzene rings is 1. The highest BCUT2D eigenvalue weighted by Crippen LogP contribution is 2.38. The highest BCUT2D eigenvalue weighted by atomic mass is 79.9. The van der Waals surface area contributed by atoms with Gasteiger partial charge >= 0.3 is 0 Å². The molecule has 2 aromatic rings. The molecule has 0 fully saturated rings. The molecule has 1 heterocycles. The van der Waals surface area contributed by atoms with Crippen molar-refractivity contribution in [3.8, 4) is 0 Å². The van der Waals surface area contributed by atoms with Gasteiger partial charge in [-0.05, 0) is 81.1 Å². The maximum absolute atomic E-state index is 13.3. The average Bonchev–Trinajstić information content (AvgIpc) is 2.72. The summed E-state index contributed by atoms with van der Waals surface area (Å²) < 4.78 is 15.4. The maximum Gasteiger partial charge on any atom is 0.123 e. The maximum atomic E-state index is 13.3. The summed E-state index contributed by atoms with van der Waals surface area (Å²) in [5, 5.41) is 3.55. The number of thiophene rings is 1. The summed E-state index contributed by atoms with van der Waals surface area (Å²) in [6.07, 6.45) is 1.06. The van der Waals surface area contributed by atoms with Crippen LogP contribution in [0.5, 0.6) is 0 Å². The summed E-state index contributed by atoms with van der Waals surface area (Å²) in [7, 11) is 0. The Morgan fingerprint density at radius 1 is 1.30 bits per heavy atom. The Balaban J connectivity index is 2.41. The van der Waals surface area contributed by atoms with Crippen molar-refractivity contribution < 1.29 is 4.39 Å². The molecule has 0 spiro atoms. The van der Waals surface area contributed by atoms with Crippen molar-refractivity contribution >= 4 is 43.2 Å². The van der Waals surface area contributed by atoms with E-state index < -0.39 is 0 Å². The highest BCUT2D eigenvalue weighted by molar-refractivity contribution is 9.13. The van der Waals surface area contributed by atoms with Gasteiger partial charge in [-0.3, -0.25) is 0 Å². The molecule has 0 aliphatic rings. The monoisotopic (exact) mass is 419 g/mol. The fourth-order valence-electron chi connectivity index (χ4n) is 2.12. The van der Waals surface area contributed by atoms with Gasteiger partial charge in [0.2, 0.25) is 0 Å². The summed E-state index contributed by atoms with van der Waals surface area (Å²) in [5.41, 5.74) is 2.10. The van der Waals surface area contributed by atoms with Crippen molar-refractivity contribution in [1.29, 1.82) is 0 Å². The molecule has 1 nitrogen and oxygen atoms in total. The van der Waals surface area contributed by atoms with E-state index in [-0.39, 0.29) is 11.9 Å². The van der Waals surface area contributed by atoms with Gasteiger partial charge in [0.25, 0.3) is 0 Å². The third-order valence-corrected chi connectivity index (χ3v) is 6.41. The average molecular weight is 421 g/mol. The van der Waals surface area contributed by atoms with Crippen molar-refractivity contribution in [2.45, 2.75) is 26.3 Å². The van der Waals surface area contributed by atoms with Crippen LogP contribution in [-0.4, -0.2) is 6.54 Å². The van der Waals surface area contributed by atoms with Gasteiger partial charge in [0.05, 0.1) is 9.83 Å². The van der Waals surface area contributed by atoms with E-state index in [1.165, 1.54) is 10.9 Å². The Labute approximate surface area is 139 Å². The molecule has 1 N–H and O–H groups in total. The first-order valence-electron chi connectivity index (χ1n) is 6.47. The van der Waals surface area contributed by atoms with Gasteiger partial charge < -0.3 is 5.32 Å². The molecule has 1 unspecified atom stereocenters. The normalized spacial score (nSPS) is 12.7. The molecule has 0 bridgehead atoms. The van der Waals surface area contributed by atoms with E-state index in [0.29, 0.717) is 0 Å². The zero-order chi connectivity index (χ0) is 14.7. The van der Waals surface area contributed by atoms with E-state index in [0.717, 1.165) is 32.4 Å². The largest absolute Gasteiger partial charge is 0.306 e. The molecule has 0 aliphatic carbocycles. The van der Waals surface area contributed by atoms with Crippen LogP contribution >= 0.6 is 43.2 Å². The Kier molecular flexibility index (Phi) is 5.78. The second-order valence-electron chi connectivity index (χ2n) is 4.66. The Morgan fingerprint density at radius 2 is 2.05 bits per heavy atom. The molecule has 108 valence electrons. The third-order valence-electron chi connectivity index (χ3n) is 3.09. The quantitative estimate of drug-likeness (QED) is 0.643. The van der Waals surface area contributed by atoms with E-state index in [9.17, 15) is 4.39 Å². The van der Waals surface area contributed by atoms with Gasteiger partial charge in [-0.1, -0.05) is 13.0 Å². The summed E-state index contributed by atoms with van der Waals surface area (Å²) in [5.74, 6) is -0.186. The number of nitrogens with one attached hydrogen (secondary N) is 1. The molecule has 1 atom stereocenters. The Morgan fingerprint density at radius 3 is 2.60 bits per heavy atom. The van der Waals surface area contributed by atoms with Crippen LogP contribution in [0, 0.1) is 12.7 Å². The smallest absolute Gasteiger partial charge is 0.123 e. The first-order chi connectivity index (χ1) is 9.52. The minimum absolute atomic E-state index is 0.100. The van der Waals surface area contributed by atoms with Gasteiger partial charge in [-0.15, -0.1) is 11.3 Å². The molecule has 0 saturated carbocycles. The number of hydrogen-bond acceptors (Lipinski definition) is 2. The lowest BCUT2D eigenvalue weighted by atomic mass is 9.99. The minimum Gasteiger partial charge on any atom is -0.306 e. The molecule has 0 radical (unpaired) electrons. The second kappa shape index (κ2) is 7.16. The van der Waals surface area contributed by atoms with Crippen molar-refractivity contribution in [3.05, 3.63) is 54.3 Å². The van der Waals surface area contributed by atoms with Crippen LogP contribution in [0.1, 0.15) is 35.4 Å². The van der Waals surface area contributed by atoms with Crippen LogP contribution in [0.3, 0.4) is 0 Å². The number of rotatable bonds is 5. The van der Waals surface area contributed by atoms with E-state index in [1.807, 2.05) is 13.0 Å². The molecular weight excluding hydrogens is 405 g/mol. The predicted octanol–water partition coefficient (Wildman–Crippen LogP) is 5.81. The van der Waals surface area contributed by atoms with Gasteiger partial charge in [0.15, 0.2) is 0 Å². The lowest BCUT2D eigenvalue weighted by Crippen LogP contribution is -2.23. The zero-order valence-electron chi connectivity index (χ0n) is 11.3. The summed E-state index contributed by atoms with van der Waals surface area (Å²) in [4.78, 5) is 1.21. The molecule has 2 rings (SSSR count). The topological polar surface area (TPSA) is 12.0 Å². The SMILES string of the molecule is CCCNC(c1cc(Br)c(Br)s1)c1ccc(F)cc1C.